The Labute approximate surface area is 227 Å². The molecule has 5 rings (SSSR count). The van der Waals surface area contributed by atoms with E-state index in [-0.39, 0.29) is 24.2 Å². The Balaban J connectivity index is 1.37. The van der Waals surface area contributed by atoms with Gasteiger partial charge in [0.1, 0.15) is 24.2 Å². The van der Waals surface area contributed by atoms with Gasteiger partial charge in [0.2, 0.25) is 5.91 Å². The third kappa shape index (κ3) is 6.68. The summed E-state index contributed by atoms with van der Waals surface area (Å²) in [5.41, 5.74) is 3.82. The predicted molar refractivity (Wildman–Crippen MR) is 147 cm³/mol. The Morgan fingerprint density at radius 2 is 1.77 bits per heavy atom. The maximum Gasteiger partial charge on any atom is 0.254 e. The molecule has 1 aliphatic rings. The normalized spacial score (nSPS) is 15.2. The van der Waals surface area contributed by atoms with Crippen LogP contribution in [0.1, 0.15) is 40.9 Å². The molecular formula is C32H30FN3O3. The second kappa shape index (κ2) is 12.3. The molecule has 0 unspecified atom stereocenters. The van der Waals surface area contributed by atoms with Crippen molar-refractivity contribution >= 4 is 11.8 Å². The SMILES string of the molecule is O=C1NCCCC[C@@H]1N(Cc1ccc(OCc2ccccn2)cc1)C(=O)c1cccc(-c2ccc(F)cc2)c1. The Bertz CT molecular complexity index is 1410. The van der Waals surface area contributed by atoms with Crippen LogP contribution >= 0.6 is 0 Å². The Kier molecular flexibility index (Phi) is 8.26. The second-order valence-electron chi connectivity index (χ2n) is 9.58. The van der Waals surface area contributed by atoms with E-state index in [0.29, 0.717) is 30.9 Å². The molecule has 7 heteroatoms. The zero-order valence-electron chi connectivity index (χ0n) is 21.6. The minimum Gasteiger partial charge on any atom is -0.487 e. The molecule has 0 aliphatic carbocycles. The Hall–Kier alpha value is -4.52. The smallest absolute Gasteiger partial charge is 0.254 e. The first-order valence-electron chi connectivity index (χ1n) is 13.1. The maximum atomic E-state index is 13.9. The van der Waals surface area contributed by atoms with Crippen molar-refractivity contribution in [3.8, 4) is 16.9 Å². The predicted octanol–water partition coefficient (Wildman–Crippen LogP) is 5.78. The van der Waals surface area contributed by atoms with Crippen molar-refractivity contribution in [3.05, 3.63) is 120 Å². The van der Waals surface area contributed by atoms with Crippen LogP contribution < -0.4 is 10.1 Å². The zero-order valence-corrected chi connectivity index (χ0v) is 21.6. The average Bonchev–Trinajstić information content (AvgIpc) is 3.20. The summed E-state index contributed by atoms with van der Waals surface area (Å²) >= 11 is 0. The van der Waals surface area contributed by atoms with Crippen molar-refractivity contribution in [3.63, 3.8) is 0 Å². The van der Waals surface area contributed by atoms with Gasteiger partial charge in [0, 0.05) is 24.8 Å². The molecule has 1 fully saturated rings. The van der Waals surface area contributed by atoms with Crippen molar-refractivity contribution in [2.45, 2.75) is 38.5 Å². The number of pyridine rings is 1. The Morgan fingerprint density at radius 3 is 2.54 bits per heavy atom. The fraction of sp³-hybridized carbons (Fsp3) is 0.219. The number of amides is 2. The summed E-state index contributed by atoms with van der Waals surface area (Å²) < 4.78 is 19.3. The van der Waals surface area contributed by atoms with Gasteiger partial charge in [0.25, 0.3) is 5.91 Å². The standard InChI is InChI=1S/C32H30FN3O3/c33-27-14-12-24(13-15-27)25-6-5-7-26(20-25)32(38)36(30-9-2-4-19-35-31(30)37)21-23-10-16-29(17-11-23)39-22-28-8-1-3-18-34-28/h1,3,5-8,10-18,20,30H,2,4,9,19,21-22H2,(H,35,37)/t30-/m0/s1. The highest BCUT2D eigenvalue weighted by molar-refractivity contribution is 5.98. The van der Waals surface area contributed by atoms with Gasteiger partial charge in [-0.25, -0.2) is 4.39 Å². The van der Waals surface area contributed by atoms with Crippen LogP contribution in [0.2, 0.25) is 0 Å². The molecule has 1 saturated heterocycles. The third-order valence-corrected chi connectivity index (χ3v) is 6.82. The average molecular weight is 524 g/mol. The van der Waals surface area contributed by atoms with Crippen LogP contribution in [-0.2, 0) is 17.9 Å². The van der Waals surface area contributed by atoms with Crippen LogP contribution in [0.4, 0.5) is 4.39 Å². The first-order valence-corrected chi connectivity index (χ1v) is 13.1. The van der Waals surface area contributed by atoms with E-state index in [1.165, 1.54) is 12.1 Å². The number of rotatable bonds is 8. The third-order valence-electron chi connectivity index (χ3n) is 6.82. The molecule has 0 saturated carbocycles. The number of nitrogens with one attached hydrogen (secondary N) is 1. The van der Waals surface area contributed by atoms with Gasteiger partial charge in [0.15, 0.2) is 0 Å². The molecular weight excluding hydrogens is 493 g/mol. The summed E-state index contributed by atoms with van der Waals surface area (Å²) in [6, 6.07) is 26.1. The number of carbonyl (C=O) groups excluding carboxylic acids is 2. The van der Waals surface area contributed by atoms with Crippen molar-refractivity contribution < 1.29 is 18.7 Å². The molecule has 0 spiro atoms. The molecule has 6 nitrogen and oxygen atoms in total. The number of benzene rings is 3. The minimum absolute atomic E-state index is 0.133. The fourth-order valence-electron chi connectivity index (χ4n) is 4.71. The topological polar surface area (TPSA) is 71.5 Å². The van der Waals surface area contributed by atoms with Crippen molar-refractivity contribution in [1.82, 2.24) is 15.2 Å². The number of hydrogen-bond acceptors (Lipinski definition) is 4. The van der Waals surface area contributed by atoms with E-state index in [1.807, 2.05) is 54.6 Å². The van der Waals surface area contributed by atoms with Gasteiger partial charge < -0.3 is 15.0 Å². The number of nitrogens with zero attached hydrogens (tertiary/aromatic N) is 2. The maximum absolute atomic E-state index is 13.9. The van der Waals surface area contributed by atoms with Crippen LogP contribution in [0.15, 0.2) is 97.2 Å². The molecule has 198 valence electrons. The number of aromatic nitrogens is 1. The van der Waals surface area contributed by atoms with E-state index in [0.717, 1.165) is 35.2 Å². The Morgan fingerprint density at radius 1 is 0.949 bits per heavy atom. The van der Waals surface area contributed by atoms with Crippen molar-refractivity contribution in [1.29, 1.82) is 0 Å². The highest BCUT2D eigenvalue weighted by atomic mass is 19.1. The lowest BCUT2D eigenvalue weighted by Crippen LogP contribution is -2.48. The molecule has 1 atom stereocenters. The fourth-order valence-corrected chi connectivity index (χ4v) is 4.71. The van der Waals surface area contributed by atoms with Crippen LogP contribution in [0.25, 0.3) is 11.1 Å². The zero-order chi connectivity index (χ0) is 27.0. The molecule has 0 bridgehead atoms. The lowest BCUT2D eigenvalue weighted by Gasteiger charge is -2.30. The summed E-state index contributed by atoms with van der Waals surface area (Å²) in [6.45, 7) is 1.25. The molecule has 1 N–H and O–H groups in total. The van der Waals surface area contributed by atoms with Gasteiger partial charge in [-0.3, -0.25) is 14.6 Å². The monoisotopic (exact) mass is 523 g/mol. The summed E-state index contributed by atoms with van der Waals surface area (Å²) in [6.07, 6.45) is 4.06. The number of halogens is 1. The summed E-state index contributed by atoms with van der Waals surface area (Å²) in [7, 11) is 0. The van der Waals surface area contributed by atoms with E-state index in [4.69, 9.17) is 4.74 Å². The van der Waals surface area contributed by atoms with Gasteiger partial charge in [-0.15, -0.1) is 0 Å². The molecule has 1 aliphatic heterocycles. The van der Waals surface area contributed by atoms with Gasteiger partial charge in [0.05, 0.1) is 5.69 Å². The quantitative estimate of drug-likeness (QED) is 0.318. The van der Waals surface area contributed by atoms with E-state index in [2.05, 4.69) is 10.3 Å². The molecule has 2 amide bonds. The van der Waals surface area contributed by atoms with Gasteiger partial charge in [-0.2, -0.15) is 0 Å². The highest BCUT2D eigenvalue weighted by Crippen LogP contribution is 2.25. The molecule has 0 radical (unpaired) electrons. The van der Waals surface area contributed by atoms with Crippen molar-refractivity contribution in [2.75, 3.05) is 6.54 Å². The van der Waals surface area contributed by atoms with Crippen LogP contribution in [0.5, 0.6) is 5.75 Å². The van der Waals surface area contributed by atoms with Crippen LogP contribution in [0.3, 0.4) is 0 Å². The largest absolute Gasteiger partial charge is 0.487 e. The summed E-state index contributed by atoms with van der Waals surface area (Å²) in [5.74, 6) is 0.0218. The second-order valence-corrected chi connectivity index (χ2v) is 9.58. The number of ether oxygens (including phenoxy) is 1. The molecule has 39 heavy (non-hydrogen) atoms. The molecule has 4 aromatic rings. The first-order chi connectivity index (χ1) is 19.1. The van der Waals surface area contributed by atoms with E-state index in [9.17, 15) is 14.0 Å². The van der Waals surface area contributed by atoms with Gasteiger partial charge in [-0.05, 0) is 84.5 Å². The van der Waals surface area contributed by atoms with E-state index in [1.54, 1.807) is 35.4 Å². The number of hydrogen-bond donors (Lipinski definition) is 1. The lowest BCUT2D eigenvalue weighted by atomic mass is 10.0. The molecule has 3 aromatic carbocycles. The van der Waals surface area contributed by atoms with Crippen molar-refractivity contribution in [2.24, 2.45) is 0 Å². The highest BCUT2D eigenvalue weighted by Gasteiger charge is 2.31. The van der Waals surface area contributed by atoms with Gasteiger partial charge in [-0.1, -0.05) is 42.5 Å². The molecule has 1 aromatic heterocycles. The number of carbonyl (C=O) groups is 2. The van der Waals surface area contributed by atoms with Gasteiger partial charge >= 0.3 is 0 Å². The first kappa shape index (κ1) is 26.1. The van der Waals surface area contributed by atoms with E-state index < -0.39 is 6.04 Å². The van der Waals surface area contributed by atoms with Crippen LogP contribution in [0, 0.1) is 5.82 Å². The van der Waals surface area contributed by atoms with E-state index >= 15 is 0 Å². The summed E-state index contributed by atoms with van der Waals surface area (Å²) in [4.78, 5) is 32.9. The lowest BCUT2D eigenvalue weighted by molar-refractivity contribution is -0.125. The summed E-state index contributed by atoms with van der Waals surface area (Å²) in [5, 5.41) is 2.96. The molecule has 2 heterocycles. The van der Waals surface area contributed by atoms with Crippen LogP contribution in [-0.4, -0.2) is 34.3 Å². The minimum atomic E-state index is -0.574.